The quantitative estimate of drug-likeness (QED) is 0.895. The van der Waals surface area contributed by atoms with Gasteiger partial charge in [-0.2, -0.15) is 5.10 Å². The third kappa shape index (κ3) is 2.81. The highest BCUT2D eigenvalue weighted by molar-refractivity contribution is 5.95. The Balaban J connectivity index is 2.18. The fraction of sp³-hybridized carbons (Fsp3) is 0.714. The van der Waals surface area contributed by atoms with E-state index in [9.17, 15) is 4.79 Å². The summed E-state index contributed by atoms with van der Waals surface area (Å²) in [6, 6.07) is 0.260. The second-order valence-electron chi connectivity index (χ2n) is 5.45. The minimum atomic E-state index is 0.0484. The van der Waals surface area contributed by atoms with E-state index in [2.05, 4.69) is 5.10 Å². The van der Waals surface area contributed by atoms with E-state index in [1.54, 1.807) is 4.68 Å². The van der Waals surface area contributed by atoms with Crippen molar-refractivity contribution in [2.24, 2.45) is 12.8 Å². The average Bonchev–Trinajstić information content (AvgIpc) is 2.79. The van der Waals surface area contributed by atoms with E-state index in [1.807, 2.05) is 32.1 Å². The van der Waals surface area contributed by atoms with Gasteiger partial charge in [-0.25, -0.2) is 0 Å². The van der Waals surface area contributed by atoms with Gasteiger partial charge in [0.2, 0.25) is 0 Å². The first kappa shape index (κ1) is 14.1. The third-order valence-corrected chi connectivity index (χ3v) is 4.07. The molecule has 2 N–H and O–H groups in total. The highest BCUT2D eigenvalue weighted by Gasteiger charge is 2.30. The minimum absolute atomic E-state index is 0.0484. The molecule has 19 heavy (non-hydrogen) atoms. The normalized spacial score (nSPS) is 23.4. The van der Waals surface area contributed by atoms with Crippen LogP contribution < -0.4 is 5.73 Å². The molecule has 1 aromatic rings. The van der Waals surface area contributed by atoms with Crippen molar-refractivity contribution in [3.05, 3.63) is 17.5 Å². The number of nitrogens with two attached hydrogens (primary N) is 1. The average molecular weight is 264 g/mol. The number of nitrogens with zero attached hydrogens (tertiary/aromatic N) is 3. The number of carbonyl (C=O) groups excluding carboxylic acids is 1. The van der Waals surface area contributed by atoms with Gasteiger partial charge in [-0.15, -0.1) is 0 Å². The number of carbonyl (C=O) groups is 1. The van der Waals surface area contributed by atoms with Gasteiger partial charge in [-0.3, -0.25) is 9.48 Å². The molecule has 5 nitrogen and oxygen atoms in total. The predicted octanol–water partition coefficient (Wildman–Crippen LogP) is 1.32. The van der Waals surface area contributed by atoms with Crippen LogP contribution in [0, 0.1) is 0 Å². The molecule has 1 saturated carbocycles. The zero-order valence-electron chi connectivity index (χ0n) is 12.1. The highest BCUT2D eigenvalue weighted by Crippen LogP contribution is 2.23. The number of rotatable bonds is 3. The number of hydrogen-bond acceptors (Lipinski definition) is 3. The predicted molar refractivity (Wildman–Crippen MR) is 74.9 cm³/mol. The third-order valence-electron chi connectivity index (χ3n) is 4.07. The molecule has 0 spiro atoms. The van der Waals surface area contributed by atoms with Crippen LogP contribution in [0.5, 0.6) is 0 Å². The summed E-state index contributed by atoms with van der Waals surface area (Å²) in [5.41, 5.74) is 7.73. The van der Waals surface area contributed by atoms with Crippen molar-refractivity contribution in [1.29, 1.82) is 0 Å². The summed E-state index contributed by atoms with van der Waals surface area (Å²) in [6.45, 7) is 2.02. The smallest absolute Gasteiger partial charge is 0.257 e. The van der Waals surface area contributed by atoms with Crippen molar-refractivity contribution >= 4 is 5.91 Å². The number of amides is 1. The fourth-order valence-electron chi connectivity index (χ4n) is 2.94. The molecule has 5 heteroatoms. The molecule has 1 aromatic heterocycles. The van der Waals surface area contributed by atoms with Crippen molar-refractivity contribution in [2.45, 2.75) is 51.1 Å². The van der Waals surface area contributed by atoms with Crippen molar-refractivity contribution in [1.82, 2.24) is 14.7 Å². The lowest BCUT2D eigenvalue weighted by atomic mass is 9.90. The van der Waals surface area contributed by atoms with Crippen molar-refractivity contribution in [2.75, 3.05) is 7.05 Å². The Morgan fingerprint density at radius 2 is 2.21 bits per heavy atom. The number of aromatic nitrogens is 2. The van der Waals surface area contributed by atoms with Gasteiger partial charge in [-0.1, -0.05) is 19.8 Å². The van der Waals surface area contributed by atoms with E-state index < -0.39 is 0 Å². The van der Waals surface area contributed by atoms with Crippen molar-refractivity contribution < 1.29 is 4.79 Å². The van der Waals surface area contributed by atoms with Gasteiger partial charge in [0.25, 0.3) is 5.91 Å². The summed E-state index contributed by atoms with van der Waals surface area (Å²) >= 11 is 0. The molecule has 0 aliphatic heterocycles. The molecule has 0 radical (unpaired) electrons. The zero-order valence-corrected chi connectivity index (χ0v) is 12.1. The molecular formula is C14H24N4O. The lowest BCUT2D eigenvalue weighted by Gasteiger charge is -2.36. The lowest BCUT2D eigenvalue weighted by Crippen LogP contribution is -2.50. The molecule has 1 heterocycles. The van der Waals surface area contributed by atoms with Crippen LogP contribution in [0.4, 0.5) is 0 Å². The van der Waals surface area contributed by atoms with Crippen LogP contribution in [0.3, 0.4) is 0 Å². The summed E-state index contributed by atoms with van der Waals surface area (Å²) in [5, 5.41) is 4.33. The summed E-state index contributed by atoms with van der Waals surface area (Å²) in [6.07, 6.45) is 6.93. The maximum Gasteiger partial charge on any atom is 0.257 e. The largest absolute Gasteiger partial charge is 0.337 e. The molecule has 1 aliphatic carbocycles. The second kappa shape index (κ2) is 5.74. The van der Waals surface area contributed by atoms with Crippen LogP contribution in [0.15, 0.2) is 6.20 Å². The van der Waals surface area contributed by atoms with E-state index in [1.165, 1.54) is 6.42 Å². The topological polar surface area (TPSA) is 64.2 Å². The number of hydrogen-bond donors (Lipinski definition) is 1. The van der Waals surface area contributed by atoms with Crippen LogP contribution in [-0.2, 0) is 13.5 Å². The Hall–Kier alpha value is -1.36. The maximum atomic E-state index is 12.6. The van der Waals surface area contributed by atoms with Crippen molar-refractivity contribution in [3.63, 3.8) is 0 Å². The van der Waals surface area contributed by atoms with E-state index >= 15 is 0 Å². The first-order chi connectivity index (χ1) is 9.04. The van der Waals surface area contributed by atoms with Gasteiger partial charge in [0.15, 0.2) is 0 Å². The summed E-state index contributed by atoms with van der Waals surface area (Å²) in [7, 11) is 3.72. The number of likely N-dealkylation sites (N-methyl/N-ethyl adjacent to an activating group) is 1. The van der Waals surface area contributed by atoms with E-state index in [-0.39, 0.29) is 18.0 Å². The van der Waals surface area contributed by atoms with Crippen LogP contribution in [0.25, 0.3) is 0 Å². The molecule has 0 bridgehead atoms. The summed E-state index contributed by atoms with van der Waals surface area (Å²) in [5.74, 6) is 0.0484. The Labute approximate surface area is 114 Å². The lowest BCUT2D eigenvalue weighted by molar-refractivity contribution is 0.0671. The SMILES string of the molecule is CCc1nn(C)cc1C(=O)N(C)C1CCCCC1N. The summed E-state index contributed by atoms with van der Waals surface area (Å²) in [4.78, 5) is 14.4. The van der Waals surface area contributed by atoms with E-state index in [4.69, 9.17) is 5.73 Å². The van der Waals surface area contributed by atoms with Crippen LogP contribution in [0.2, 0.25) is 0 Å². The van der Waals surface area contributed by atoms with Gasteiger partial charge in [0.05, 0.1) is 11.3 Å². The van der Waals surface area contributed by atoms with Crippen LogP contribution in [0.1, 0.15) is 48.7 Å². The number of aryl methyl sites for hydroxylation is 2. The zero-order chi connectivity index (χ0) is 14.0. The van der Waals surface area contributed by atoms with Gasteiger partial charge in [0, 0.05) is 32.4 Å². The first-order valence-corrected chi connectivity index (χ1v) is 7.09. The van der Waals surface area contributed by atoms with Gasteiger partial charge < -0.3 is 10.6 Å². The standard InChI is InChI=1S/C14H24N4O/c1-4-12-10(9-17(2)16-12)14(19)18(3)13-8-6-5-7-11(13)15/h9,11,13H,4-8,15H2,1-3H3. The van der Waals surface area contributed by atoms with Gasteiger partial charge in [0.1, 0.15) is 0 Å². The molecule has 2 atom stereocenters. The Bertz CT molecular complexity index is 454. The van der Waals surface area contributed by atoms with Crippen LogP contribution >= 0.6 is 0 Å². The first-order valence-electron chi connectivity index (χ1n) is 7.09. The molecular weight excluding hydrogens is 240 g/mol. The Morgan fingerprint density at radius 1 is 1.53 bits per heavy atom. The molecule has 1 aliphatic rings. The molecule has 2 rings (SSSR count). The molecule has 0 saturated heterocycles. The monoisotopic (exact) mass is 264 g/mol. The molecule has 1 fully saturated rings. The van der Waals surface area contributed by atoms with Crippen molar-refractivity contribution in [3.8, 4) is 0 Å². The maximum absolute atomic E-state index is 12.6. The van der Waals surface area contributed by atoms with E-state index in [0.29, 0.717) is 5.56 Å². The van der Waals surface area contributed by atoms with Gasteiger partial charge >= 0.3 is 0 Å². The van der Waals surface area contributed by atoms with Crippen LogP contribution in [-0.4, -0.2) is 39.7 Å². The van der Waals surface area contributed by atoms with Gasteiger partial charge in [-0.05, 0) is 19.3 Å². The molecule has 0 aromatic carbocycles. The fourth-order valence-corrected chi connectivity index (χ4v) is 2.94. The van der Waals surface area contributed by atoms with E-state index in [0.717, 1.165) is 31.4 Å². The molecule has 1 amide bonds. The Kier molecular flexibility index (Phi) is 4.24. The Morgan fingerprint density at radius 3 is 2.84 bits per heavy atom. The summed E-state index contributed by atoms with van der Waals surface area (Å²) < 4.78 is 1.71. The molecule has 2 unspecified atom stereocenters. The molecule has 106 valence electrons. The minimum Gasteiger partial charge on any atom is -0.337 e. The highest BCUT2D eigenvalue weighted by atomic mass is 16.2. The second-order valence-corrected chi connectivity index (χ2v) is 5.45.